The van der Waals surface area contributed by atoms with Gasteiger partial charge in [0, 0.05) is 25.5 Å². The van der Waals surface area contributed by atoms with E-state index >= 15 is 0 Å². The lowest BCUT2D eigenvalue weighted by Crippen LogP contribution is -2.32. The van der Waals surface area contributed by atoms with Gasteiger partial charge in [0.25, 0.3) is 0 Å². The molecule has 6 nitrogen and oxygen atoms in total. The van der Waals surface area contributed by atoms with Crippen molar-refractivity contribution >= 4 is 0 Å². The van der Waals surface area contributed by atoms with Gasteiger partial charge in [0.1, 0.15) is 12.2 Å². The molecule has 1 aliphatic rings. The standard InChI is InChI=1S/C10H12N6.C2H6/c1-7-9-14-15-10(16(9)3-2-13-7)8-4-11-6-12-5-8;1-2/h4-7,13H,2-3H2,1H3;1-2H3. The molecule has 0 aromatic carbocycles. The highest BCUT2D eigenvalue weighted by molar-refractivity contribution is 5.52. The van der Waals surface area contributed by atoms with E-state index in [9.17, 15) is 0 Å². The highest BCUT2D eigenvalue weighted by Crippen LogP contribution is 2.21. The lowest BCUT2D eigenvalue weighted by atomic mass is 10.2. The first-order valence-electron chi connectivity index (χ1n) is 6.28. The fourth-order valence-electron chi connectivity index (χ4n) is 1.97. The Morgan fingerprint density at radius 1 is 1.22 bits per heavy atom. The van der Waals surface area contributed by atoms with Gasteiger partial charge in [-0.15, -0.1) is 10.2 Å². The molecule has 3 rings (SSSR count). The van der Waals surface area contributed by atoms with Crippen LogP contribution in [0.3, 0.4) is 0 Å². The Balaban J connectivity index is 0.000000574. The summed E-state index contributed by atoms with van der Waals surface area (Å²) in [7, 11) is 0. The van der Waals surface area contributed by atoms with Gasteiger partial charge in [0.15, 0.2) is 5.82 Å². The number of nitrogens with zero attached hydrogens (tertiary/aromatic N) is 5. The summed E-state index contributed by atoms with van der Waals surface area (Å²) in [6, 6.07) is 0.250. The SMILES string of the molecule is CC.CC1NCCn2c(-c3cncnc3)nnc21. The molecule has 0 aliphatic carbocycles. The fourth-order valence-corrected chi connectivity index (χ4v) is 1.97. The summed E-state index contributed by atoms with van der Waals surface area (Å²) in [6.45, 7) is 7.91. The van der Waals surface area contributed by atoms with Crippen LogP contribution in [0.4, 0.5) is 0 Å². The predicted molar refractivity (Wildman–Crippen MR) is 68.8 cm³/mol. The average molecular weight is 246 g/mol. The molecule has 2 aromatic rings. The van der Waals surface area contributed by atoms with E-state index in [1.54, 1.807) is 12.4 Å². The van der Waals surface area contributed by atoms with Gasteiger partial charge < -0.3 is 9.88 Å². The molecule has 3 heterocycles. The average Bonchev–Trinajstić information content (AvgIpc) is 2.87. The zero-order chi connectivity index (χ0) is 13.0. The van der Waals surface area contributed by atoms with Crippen molar-refractivity contribution in [1.29, 1.82) is 0 Å². The number of aromatic nitrogens is 5. The van der Waals surface area contributed by atoms with Gasteiger partial charge in [-0.2, -0.15) is 0 Å². The van der Waals surface area contributed by atoms with Crippen molar-refractivity contribution in [3.8, 4) is 11.4 Å². The van der Waals surface area contributed by atoms with Crippen LogP contribution in [0.5, 0.6) is 0 Å². The van der Waals surface area contributed by atoms with Gasteiger partial charge >= 0.3 is 0 Å². The summed E-state index contributed by atoms with van der Waals surface area (Å²) in [4.78, 5) is 8.00. The fraction of sp³-hybridized carbons (Fsp3) is 0.500. The smallest absolute Gasteiger partial charge is 0.167 e. The maximum Gasteiger partial charge on any atom is 0.167 e. The first-order chi connectivity index (χ1) is 8.86. The summed E-state index contributed by atoms with van der Waals surface area (Å²) in [6.07, 6.45) is 5.04. The van der Waals surface area contributed by atoms with E-state index < -0.39 is 0 Å². The van der Waals surface area contributed by atoms with Gasteiger partial charge in [-0.25, -0.2) is 9.97 Å². The molecule has 0 spiro atoms. The molecule has 6 heteroatoms. The molecule has 2 aromatic heterocycles. The largest absolute Gasteiger partial charge is 0.308 e. The van der Waals surface area contributed by atoms with E-state index in [1.807, 2.05) is 13.8 Å². The van der Waals surface area contributed by atoms with Crippen LogP contribution in [0.1, 0.15) is 32.6 Å². The highest BCUT2D eigenvalue weighted by Gasteiger charge is 2.21. The normalized spacial score (nSPS) is 17.6. The van der Waals surface area contributed by atoms with Crippen LogP contribution in [-0.2, 0) is 6.54 Å². The molecule has 0 amide bonds. The van der Waals surface area contributed by atoms with Crippen LogP contribution in [0.25, 0.3) is 11.4 Å². The second-order valence-corrected chi connectivity index (χ2v) is 3.84. The van der Waals surface area contributed by atoms with Crippen LogP contribution in [0.15, 0.2) is 18.7 Å². The van der Waals surface area contributed by atoms with Crippen LogP contribution in [0, 0.1) is 0 Å². The number of hydrogen-bond donors (Lipinski definition) is 1. The number of hydrogen-bond acceptors (Lipinski definition) is 5. The molecule has 1 unspecified atom stereocenters. The van der Waals surface area contributed by atoms with Crippen molar-refractivity contribution in [1.82, 2.24) is 30.0 Å². The summed E-state index contributed by atoms with van der Waals surface area (Å²) in [5.41, 5.74) is 0.912. The van der Waals surface area contributed by atoms with Crippen molar-refractivity contribution in [3.05, 3.63) is 24.5 Å². The van der Waals surface area contributed by atoms with E-state index in [1.165, 1.54) is 6.33 Å². The molecular weight excluding hydrogens is 228 g/mol. The third-order valence-electron chi connectivity index (χ3n) is 2.77. The molecule has 0 saturated heterocycles. The Hall–Kier alpha value is -1.82. The van der Waals surface area contributed by atoms with E-state index in [-0.39, 0.29) is 6.04 Å². The lowest BCUT2D eigenvalue weighted by molar-refractivity contribution is 0.439. The van der Waals surface area contributed by atoms with Crippen LogP contribution < -0.4 is 5.32 Å². The lowest BCUT2D eigenvalue weighted by Gasteiger charge is -2.21. The van der Waals surface area contributed by atoms with Gasteiger partial charge in [-0.1, -0.05) is 13.8 Å². The van der Waals surface area contributed by atoms with Crippen molar-refractivity contribution in [3.63, 3.8) is 0 Å². The molecule has 18 heavy (non-hydrogen) atoms. The van der Waals surface area contributed by atoms with E-state index in [2.05, 4.69) is 37.0 Å². The quantitative estimate of drug-likeness (QED) is 0.824. The van der Waals surface area contributed by atoms with Gasteiger partial charge in [-0.05, 0) is 6.92 Å². The zero-order valence-electron chi connectivity index (χ0n) is 11.0. The second kappa shape index (κ2) is 5.68. The molecule has 1 N–H and O–H groups in total. The minimum atomic E-state index is 0.250. The first-order valence-corrected chi connectivity index (χ1v) is 6.28. The minimum absolute atomic E-state index is 0.250. The maximum atomic E-state index is 4.21. The Morgan fingerprint density at radius 2 is 1.94 bits per heavy atom. The first kappa shape index (κ1) is 12.6. The molecule has 0 saturated carbocycles. The van der Waals surface area contributed by atoms with Gasteiger partial charge in [-0.3, -0.25) is 0 Å². The summed E-state index contributed by atoms with van der Waals surface area (Å²) >= 11 is 0. The topological polar surface area (TPSA) is 68.5 Å². The summed E-state index contributed by atoms with van der Waals surface area (Å²) in [5.74, 6) is 1.83. The van der Waals surface area contributed by atoms with Crippen molar-refractivity contribution in [2.75, 3.05) is 6.54 Å². The second-order valence-electron chi connectivity index (χ2n) is 3.84. The number of fused-ring (bicyclic) bond motifs is 1. The predicted octanol–water partition coefficient (Wildman–Crippen LogP) is 1.43. The van der Waals surface area contributed by atoms with Crippen LogP contribution in [0.2, 0.25) is 0 Å². The molecule has 96 valence electrons. The monoisotopic (exact) mass is 246 g/mol. The molecular formula is C12H18N6. The van der Waals surface area contributed by atoms with Gasteiger partial charge in [0.05, 0.1) is 11.6 Å². The highest BCUT2D eigenvalue weighted by atomic mass is 15.3. The summed E-state index contributed by atoms with van der Waals surface area (Å²) < 4.78 is 2.12. The van der Waals surface area contributed by atoms with E-state index in [0.717, 1.165) is 30.3 Å². The van der Waals surface area contributed by atoms with Crippen molar-refractivity contribution < 1.29 is 0 Å². The third-order valence-corrected chi connectivity index (χ3v) is 2.77. The Bertz CT molecular complexity index is 493. The van der Waals surface area contributed by atoms with Crippen LogP contribution in [-0.4, -0.2) is 31.3 Å². The number of nitrogens with one attached hydrogen (secondary N) is 1. The van der Waals surface area contributed by atoms with Crippen LogP contribution >= 0.6 is 0 Å². The molecule has 0 fully saturated rings. The molecule has 0 radical (unpaired) electrons. The number of rotatable bonds is 1. The minimum Gasteiger partial charge on any atom is -0.308 e. The third kappa shape index (κ3) is 2.24. The molecule has 1 aliphatic heterocycles. The Morgan fingerprint density at radius 3 is 2.67 bits per heavy atom. The van der Waals surface area contributed by atoms with Gasteiger partial charge in [0.2, 0.25) is 0 Å². The Labute approximate surface area is 106 Å². The summed E-state index contributed by atoms with van der Waals surface area (Å²) in [5, 5.41) is 11.8. The maximum absolute atomic E-state index is 4.21. The molecule has 0 bridgehead atoms. The van der Waals surface area contributed by atoms with Crippen molar-refractivity contribution in [2.45, 2.75) is 33.4 Å². The molecule has 1 atom stereocenters. The van der Waals surface area contributed by atoms with E-state index in [0.29, 0.717) is 0 Å². The van der Waals surface area contributed by atoms with E-state index in [4.69, 9.17) is 0 Å². The van der Waals surface area contributed by atoms with Crippen molar-refractivity contribution in [2.24, 2.45) is 0 Å². The Kier molecular flexibility index (Phi) is 3.99. The zero-order valence-corrected chi connectivity index (χ0v) is 11.0.